The molecule has 0 spiro atoms. The Morgan fingerprint density at radius 1 is 0.914 bits per heavy atom. The summed E-state index contributed by atoms with van der Waals surface area (Å²) < 4.78 is 48.9. The van der Waals surface area contributed by atoms with Crippen molar-refractivity contribution < 1.29 is 32.9 Å². The maximum Gasteiger partial charge on any atom is 0.411 e. The van der Waals surface area contributed by atoms with Crippen LogP contribution in [0.5, 0.6) is 0 Å². The second-order valence-corrected chi connectivity index (χ2v) is 7.93. The van der Waals surface area contributed by atoms with Crippen LogP contribution in [0.1, 0.15) is 29.2 Å². The average molecular weight is 489 g/mol. The number of hydrogen-bond acceptors (Lipinski definition) is 5. The predicted molar refractivity (Wildman–Crippen MR) is 126 cm³/mol. The highest BCUT2D eigenvalue weighted by Gasteiger charge is 2.56. The minimum Gasteiger partial charge on any atom is -0.444 e. The Labute approximate surface area is 201 Å². The number of amides is 1. The van der Waals surface area contributed by atoms with Crippen molar-refractivity contribution in [1.29, 1.82) is 0 Å². The lowest BCUT2D eigenvalue weighted by Gasteiger charge is -2.40. The van der Waals surface area contributed by atoms with Crippen LogP contribution in [0.2, 0.25) is 0 Å². The van der Waals surface area contributed by atoms with Gasteiger partial charge in [0, 0.05) is 18.7 Å². The minimum absolute atomic E-state index is 0.000175. The molecule has 3 aromatic carbocycles. The quantitative estimate of drug-likeness (QED) is 0.326. The number of anilines is 1. The molecular formula is C26H27F3N2O4. The van der Waals surface area contributed by atoms with Crippen molar-refractivity contribution in [2.24, 2.45) is 0 Å². The highest BCUT2D eigenvalue weighted by Crippen LogP contribution is 2.44. The monoisotopic (exact) mass is 488 g/mol. The lowest BCUT2D eigenvalue weighted by molar-refractivity contribution is -0.209. The Morgan fingerprint density at radius 2 is 1.57 bits per heavy atom. The number of alkyl halides is 3. The molecule has 3 aromatic rings. The Kier molecular flexibility index (Phi) is 8.86. The summed E-state index contributed by atoms with van der Waals surface area (Å²) in [6.45, 7) is -1.37. The standard InChI is InChI=1S/C26H27F3N2O4/c27-26(28,29)25(14-15-32,31-23(17-33)20-10-5-2-6-11-20)21-12-7-13-22(16-21)30-24(34)35-18-19-8-3-1-4-9-19/h1-13,16,23,31-33H,14-15,17-18H2,(H,30,34). The summed E-state index contributed by atoms with van der Waals surface area (Å²) in [5, 5.41) is 24.5. The number of nitrogens with one attached hydrogen (secondary N) is 2. The van der Waals surface area contributed by atoms with E-state index in [0.717, 1.165) is 5.56 Å². The van der Waals surface area contributed by atoms with Crippen LogP contribution in [0, 0.1) is 0 Å². The minimum atomic E-state index is -4.84. The zero-order chi connectivity index (χ0) is 25.3. The van der Waals surface area contributed by atoms with Gasteiger partial charge in [-0.2, -0.15) is 13.2 Å². The van der Waals surface area contributed by atoms with E-state index in [1.807, 2.05) is 6.07 Å². The average Bonchev–Trinajstić information content (AvgIpc) is 2.86. The van der Waals surface area contributed by atoms with Crippen molar-refractivity contribution in [3.63, 3.8) is 0 Å². The largest absolute Gasteiger partial charge is 0.444 e. The van der Waals surface area contributed by atoms with Gasteiger partial charge in [0.05, 0.1) is 12.6 Å². The molecule has 0 fully saturated rings. The molecule has 0 aromatic heterocycles. The topological polar surface area (TPSA) is 90.8 Å². The third kappa shape index (κ3) is 6.60. The van der Waals surface area contributed by atoms with Gasteiger partial charge in [0.25, 0.3) is 0 Å². The first kappa shape index (κ1) is 26.2. The number of carbonyl (C=O) groups is 1. The van der Waals surface area contributed by atoms with Crippen LogP contribution in [0.3, 0.4) is 0 Å². The van der Waals surface area contributed by atoms with E-state index in [-0.39, 0.29) is 17.9 Å². The molecule has 9 heteroatoms. The normalized spacial score (nSPS) is 14.1. The van der Waals surface area contributed by atoms with Gasteiger partial charge in [0.15, 0.2) is 0 Å². The number of halogens is 3. The van der Waals surface area contributed by atoms with Gasteiger partial charge in [-0.1, -0.05) is 72.8 Å². The summed E-state index contributed by atoms with van der Waals surface area (Å²) in [6.07, 6.45) is -6.37. The molecule has 0 aliphatic carbocycles. The van der Waals surface area contributed by atoms with Crippen LogP contribution in [-0.2, 0) is 16.9 Å². The van der Waals surface area contributed by atoms with Crippen LogP contribution in [0.4, 0.5) is 23.7 Å². The zero-order valence-electron chi connectivity index (χ0n) is 18.8. The summed E-state index contributed by atoms with van der Waals surface area (Å²) in [6, 6.07) is 21.4. The molecule has 4 N–H and O–H groups in total. The molecule has 0 saturated heterocycles. The molecular weight excluding hydrogens is 461 g/mol. The first-order valence-electron chi connectivity index (χ1n) is 11.0. The molecule has 0 radical (unpaired) electrons. The third-order valence-corrected chi connectivity index (χ3v) is 5.59. The molecule has 6 nitrogen and oxygen atoms in total. The van der Waals surface area contributed by atoms with E-state index in [2.05, 4.69) is 10.6 Å². The molecule has 0 saturated carbocycles. The second-order valence-electron chi connectivity index (χ2n) is 7.93. The van der Waals surface area contributed by atoms with Crippen LogP contribution < -0.4 is 10.6 Å². The molecule has 1 amide bonds. The molecule has 0 bridgehead atoms. The number of rotatable bonds is 10. The van der Waals surface area contributed by atoms with Crippen molar-refractivity contribution in [3.8, 4) is 0 Å². The fourth-order valence-corrected chi connectivity index (χ4v) is 3.81. The summed E-state index contributed by atoms with van der Waals surface area (Å²) in [5.74, 6) is 0. The van der Waals surface area contributed by atoms with E-state index in [4.69, 9.17) is 4.74 Å². The van der Waals surface area contributed by atoms with Crippen molar-refractivity contribution >= 4 is 11.8 Å². The first-order chi connectivity index (χ1) is 16.8. The summed E-state index contributed by atoms with van der Waals surface area (Å²) in [7, 11) is 0. The first-order valence-corrected chi connectivity index (χ1v) is 11.0. The maximum absolute atomic E-state index is 14.6. The van der Waals surface area contributed by atoms with Gasteiger partial charge in [-0.15, -0.1) is 0 Å². The maximum atomic E-state index is 14.6. The number of aliphatic hydroxyl groups excluding tert-OH is 2. The van der Waals surface area contributed by atoms with E-state index in [0.29, 0.717) is 5.56 Å². The third-order valence-electron chi connectivity index (χ3n) is 5.59. The van der Waals surface area contributed by atoms with E-state index in [1.54, 1.807) is 54.6 Å². The van der Waals surface area contributed by atoms with E-state index in [1.165, 1.54) is 24.3 Å². The van der Waals surface area contributed by atoms with Crippen molar-refractivity contribution in [1.82, 2.24) is 5.32 Å². The Hall–Kier alpha value is -3.40. The van der Waals surface area contributed by atoms with E-state index in [9.17, 15) is 28.2 Å². The van der Waals surface area contributed by atoms with Crippen LogP contribution in [0.15, 0.2) is 84.9 Å². The highest BCUT2D eigenvalue weighted by molar-refractivity contribution is 5.84. The van der Waals surface area contributed by atoms with E-state index < -0.39 is 43.5 Å². The lowest BCUT2D eigenvalue weighted by atomic mass is 9.84. The van der Waals surface area contributed by atoms with Crippen LogP contribution >= 0.6 is 0 Å². The van der Waals surface area contributed by atoms with Crippen LogP contribution in [0.25, 0.3) is 0 Å². The van der Waals surface area contributed by atoms with Crippen molar-refractivity contribution in [3.05, 3.63) is 102 Å². The van der Waals surface area contributed by atoms with Crippen molar-refractivity contribution in [2.75, 3.05) is 18.5 Å². The van der Waals surface area contributed by atoms with Crippen LogP contribution in [-0.4, -0.2) is 35.7 Å². The number of aliphatic hydroxyl groups is 2. The molecule has 35 heavy (non-hydrogen) atoms. The van der Waals surface area contributed by atoms with E-state index >= 15 is 0 Å². The summed E-state index contributed by atoms with van der Waals surface area (Å²) in [4.78, 5) is 12.2. The Bertz CT molecular complexity index is 1080. The summed E-state index contributed by atoms with van der Waals surface area (Å²) >= 11 is 0. The van der Waals surface area contributed by atoms with Gasteiger partial charge in [-0.05, 0) is 28.8 Å². The summed E-state index contributed by atoms with van der Waals surface area (Å²) in [5.41, 5.74) is -1.62. The Morgan fingerprint density at radius 3 is 2.17 bits per heavy atom. The molecule has 0 aliphatic heterocycles. The SMILES string of the molecule is O=C(Nc1cccc(C(CCO)(NC(CO)c2ccccc2)C(F)(F)F)c1)OCc1ccccc1. The van der Waals surface area contributed by atoms with Gasteiger partial charge in [0.2, 0.25) is 0 Å². The smallest absolute Gasteiger partial charge is 0.411 e. The van der Waals surface area contributed by atoms with Gasteiger partial charge >= 0.3 is 12.3 Å². The van der Waals surface area contributed by atoms with Gasteiger partial charge in [0.1, 0.15) is 12.1 Å². The van der Waals surface area contributed by atoms with Gasteiger partial charge in [-0.25, -0.2) is 4.79 Å². The molecule has 2 unspecified atom stereocenters. The van der Waals surface area contributed by atoms with Crippen molar-refractivity contribution in [2.45, 2.75) is 30.8 Å². The zero-order valence-corrected chi connectivity index (χ0v) is 18.8. The highest BCUT2D eigenvalue weighted by atomic mass is 19.4. The number of benzene rings is 3. The van der Waals surface area contributed by atoms with Gasteiger partial charge < -0.3 is 14.9 Å². The molecule has 0 aliphatic rings. The lowest BCUT2D eigenvalue weighted by Crippen LogP contribution is -2.56. The fraction of sp³-hybridized carbons (Fsp3) is 0.269. The number of hydrogen-bond donors (Lipinski definition) is 4. The second kappa shape index (κ2) is 11.8. The molecule has 0 heterocycles. The molecule has 186 valence electrons. The number of ether oxygens (including phenoxy) is 1. The fourth-order valence-electron chi connectivity index (χ4n) is 3.81. The Balaban J connectivity index is 1.87. The molecule has 3 rings (SSSR count). The predicted octanol–water partition coefficient (Wildman–Crippen LogP) is 4.90. The molecule has 2 atom stereocenters. The number of carbonyl (C=O) groups excluding carboxylic acids is 1. The van der Waals surface area contributed by atoms with Gasteiger partial charge in [-0.3, -0.25) is 10.6 Å².